The summed E-state index contributed by atoms with van der Waals surface area (Å²) in [6.07, 6.45) is 2.31. The Labute approximate surface area is 222 Å². The van der Waals surface area contributed by atoms with Crippen molar-refractivity contribution in [3.05, 3.63) is 82.9 Å². The number of anilines is 1. The van der Waals surface area contributed by atoms with Crippen LogP contribution in [0.3, 0.4) is 0 Å². The molecule has 0 aromatic heterocycles. The van der Waals surface area contributed by atoms with Crippen LogP contribution in [0.15, 0.2) is 76.7 Å². The van der Waals surface area contributed by atoms with Gasteiger partial charge in [0.1, 0.15) is 6.54 Å². The number of carbonyl (C=O) groups excluding carboxylic acids is 1. The van der Waals surface area contributed by atoms with Gasteiger partial charge in [0, 0.05) is 5.02 Å². The number of aryl methyl sites for hydroxylation is 1. The number of nitrogens with zero attached hydrogens (tertiary/aromatic N) is 2. The summed E-state index contributed by atoms with van der Waals surface area (Å²) in [5, 5.41) is 4.39. The quantitative estimate of drug-likeness (QED) is 0.251. The average molecular weight is 544 g/mol. The van der Waals surface area contributed by atoms with Crippen molar-refractivity contribution < 1.29 is 22.7 Å². The van der Waals surface area contributed by atoms with Crippen LogP contribution in [0.1, 0.15) is 31.4 Å². The summed E-state index contributed by atoms with van der Waals surface area (Å²) in [5.41, 5.74) is 4.13. The number of halogens is 1. The van der Waals surface area contributed by atoms with Crippen molar-refractivity contribution in [3.8, 4) is 11.5 Å². The minimum Gasteiger partial charge on any atom is -0.490 e. The number of hydrazone groups is 1. The summed E-state index contributed by atoms with van der Waals surface area (Å²) in [6.45, 7) is 6.24. The van der Waals surface area contributed by atoms with E-state index in [9.17, 15) is 13.2 Å². The zero-order chi connectivity index (χ0) is 26.8. The Morgan fingerprint density at radius 2 is 1.78 bits per heavy atom. The van der Waals surface area contributed by atoms with E-state index in [1.165, 1.54) is 24.4 Å². The highest BCUT2D eigenvalue weighted by Gasteiger charge is 2.27. The van der Waals surface area contributed by atoms with E-state index in [1.807, 2.05) is 20.8 Å². The predicted molar refractivity (Wildman–Crippen MR) is 146 cm³/mol. The molecule has 0 heterocycles. The molecule has 8 nitrogen and oxygen atoms in total. The molecule has 3 rings (SSSR count). The Hall–Kier alpha value is -3.56. The van der Waals surface area contributed by atoms with E-state index >= 15 is 0 Å². The summed E-state index contributed by atoms with van der Waals surface area (Å²) in [4.78, 5) is 12.8. The summed E-state index contributed by atoms with van der Waals surface area (Å²) >= 11 is 6.25. The van der Waals surface area contributed by atoms with Crippen molar-refractivity contribution >= 4 is 39.4 Å². The fourth-order valence-electron chi connectivity index (χ4n) is 3.32. The van der Waals surface area contributed by atoms with Gasteiger partial charge in [-0.25, -0.2) is 13.8 Å². The first kappa shape index (κ1) is 28.0. The van der Waals surface area contributed by atoms with Crippen LogP contribution < -0.4 is 19.2 Å². The van der Waals surface area contributed by atoms with Crippen LogP contribution in [-0.4, -0.2) is 40.3 Å². The zero-order valence-corrected chi connectivity index (χ0v) is 22.6. The first-order valence-corrected chi connectivity index (χ1v) is 13.6. The van der Waals surface area contributed by atoms with E-state index in [-0.39, 0.29) is 10.6 Å². The molecule has 0 unspecified atom stereocenters. The lowest BCUT2D eigenvalue weighted by atomic mass is 10.2. The second-order valence-electron chi connectivity index (χ2n) is 8.04. The van der Waals surface area contributed by atoms with Gasteiger partial charge >= 0.3 is 0 Å². The van der Waals surface area contributed by atoms with Gasteiger partial charge in [-0.05, 0) is 73.9 Å². The van der Waals surface area contributed by atoms with Crippen molar-refractivity contribution in [1.82, 2.24) is 5.43 Å². The summed E-state index contributed by atoms with van der Waals surface area (Å²) in [5.74, 6) is 0.575. The molecular weight excluding hydrogens is 514 g/mol. The summed E-state index contributed by atoms with van der Waals surface area (Å²) in [6, 6.07) is 18.0. The molecule has 37 heavy (non-hydrogen) atoms. The number of hydrogen-bond acceptors (Lipinski definition) is 6. The number of sulfonamides is 1. The molecule has 0 aliphatic carbocycles. The largest absolute Gasteiger partial charge is 0.490 e. The van der Waals surface area contributed by atoms with E-state index in [2.05, 4.69) is 10.5 Å². The van der Waals surface area contributed by atoms with Crippen LogP contribution in [0, 0.1) is 6.92 Å². The van der Waals surface area contributed by atoms with Crippen molar-refractivity contribution in [3.63, 3.8) is 0 Å². The molecule has 0 aliphatic heterocycles. The lowest BCUT2D eigenvalue weighted by Gasteiger charge is -2.24. The summed E-state index contributed by atoms with van der Waals surface area (Å²) < 4.78 is 39.2. The maximum absolute atomic E-state index is 13.4. The molecule has 10 heteroatoms. The highest BCUT2D eigenvalue weighted by atomic mass is 35.5. The second kappa shape index (κ2) is 13.1. The van der Waals surface area contributed by atoms with Crippen molar-refractivity contribution in [2.75, 3.05) is 24.1 Å². The Bertz CT molecular complexity index is 1350. The van der Waals surface area contributed by atoms with E-state index in [4.69, 9.17) is 21.1 Å². The fraction of sp³-hybridized carbons (Fsp3) is 0.259. The minimum atomic E-state index is -4.05. The number of amides is 1. The Morgan fingerprint density at radius 3 is 2.46 bits per heavy atom. The molecule has 0 spiro atoms. The molecule has 0 saturated carbocycles. The highest BCUT2D eigenvalue weighted by molar-refractivity contribution is 7.92. The van der Waals surface area contributed by atoms with Gasteiger partial charge in [0.05, 0.1) is 30.0 Å². The van der Waals surface area contributed by atoms with E-state index in [1.54, 1.807) is 48.5 Å². The van der Waals surface area contributed by atoms with Crippen molar-refractivity contribution in [2.45, 2.75) is 32.1 Å². The highest BCUT2D eigenvalue weighted by Crippen LogP contribution is 2.29. The Morgan fingerprint density at radius 1 is 1.03 bits per heavy atom. The molecule has 0 atom stereocenters. The molecule has 3 aromatic rings. The lowest BCUT2D eigenvalue weighted by Crippen LogP contribution is -2.39. The van der Waals surface area contributed by atoms with Crippen LogP contribution in [0.25, 0.3) is 0 Å². The molecule has 1 amide bonds. The molecule has 196 valence electrons. The third-order valence-electron chi connectivity index (χ3n) is 5.19. The van der Waals surface area contributed by atoms with Gasteiger partial charge < -0.3 is 9.47 Å². The number of nitrogens with one attached hydrogen (secondary N) is 1. The molecule has 0 bridgehead atoms. The number of hydrogen-bond donors (Lipinski definition) is 1. The topological polar surface area (TPSA) is 97.3 Å². The normalized spacial score (nSPS) is 11.4. The smallest absolute Gasteiger partial charge is 0.264 e. The molecule has 1 N–H and O–H groups in total. The fourth-order valence-corrected chi connectivity index (χ4v) is 4.93. The van der Waals surface area contributed by atoms with Gasteiger partial charge in [-0.15, -0.1) is 0 Å². The van der Waals surface area contributed by atoms with Gasteiger partial charge in [-0.1, -0.05) is 42.8 Å². The lowest BCUT2D eigenvalue weighted by molar-refractivity contribution is -0.119. The van der Waals surface area contributed by atoms with Crippen LogP contribution in [0.5, 0.6) is 11.5 Å². The number of rotatable bonds is 12. The van der Waals surface area contributed by atoms with E-state index in [0.717, 1.165) is 16.3 Å². The number of ether oxygens (including phenoxy) is 2. The maximum Gasteiger partial charge on any atom is 0.264 e. The third kappa shape index (κ3) is 7.47. The molecule has 0 radical (unpaired) electrons. The molecule has 0 saturated heterocycles. The Kier molecular flexibility index (Phi) is 9.93. The monoisotopic (exact) mass is 543 g/mol. The van der Waals surface area contributed by atoms with Crippen LogP contribution in [-0.2, 0) is 14.8 Å². The summed E-state index contributed by atoms with van der Waals surface area (Å²) in [7, 11) is -4.05. The van der Waals surface area contributed by atoms with Crippen molar-refractivity contribution in [1.29, 1.82) is 0 Å². The second-order valence-corrected chi connectivity index (χ2v) is 10.3. The first-order valence-electron chi connectivity index (χ1n) is 11.8. The van der Waals surface area contributed by atoms with Gasteiger partial charge in [-0.2, -0.15) is 5.10 Å². The minimum absolute atomic E-state index is 0.0526. The predicted octanol–water partition coefficient (Wildman–Crippen LogP) is 5.18. The van der Waals surface area contributed by atoms with Gasteiger partial charge in [-0.3, -0.25) is 9.10 Å². The molecule has 0 aliphatic rings. The van der Waals surface area contributed by atoms with Crippen LogP contribution in [0.4, 0.5) is 5.69 Å². The third-order valence-corrected chi connectivity index (χ3v) is 7.39. The maximum atomic E-state index is 13.4. The van der Waals surface area contributed by atoms with Crippen LogP contribution in [0.2, 0.25) is 5.02 Å². The number of carbonyl (C=O) groups is 1. The molecular formula is C27H30ClN3O5S. The van der Waals surface area contributed by atoms with Gasteiger partial charge in [0.2, 0.25) is 0 Å². The van der Waals surface area contributed by atoms with Crippen molar-refractivity contribution in [2.24, 2.45) is 5.10 Å². The standard InChI is InChI=1S/C27H30ClN3O5S/c1-4-15-36-25-14-12-21(16-26(25)35-5-2)18-29-30-27(32)19-31(22-13-11-20(3)24(28)17-22)37(33,34)23-9-7-6-8-10-23/h6-14,16-18H,4-5,15,19H2,1-3H3,(H,30,32)/b29-18-. The van der Waals surface area contributed by atoms with E-state index in [0.29, 0.717) is 35.3 Å². The molecule has 3 aromatic carbocycles. The van der Waals surface area contributed by atoms with E-state index < -0.39 is 22.5 Å². The van der Waals surface area contributed by atoms with Crippen LogP contribution >= 0.6 is 11.6 Å². The first-order chi connectivity index (χ1) is 17.8. The zero-order valence-electron chi connectivity index (χ0n) is 21.0. The molecule has 0 fully saturated rings. The van der Waals surface area contributed by atoms with Gasteiger partial charge in [0.25, 0.3) is 15.9 Å². The van der Waals surface area contributed by atoms with Gasteiger partial charge in [0.15, 0.2) is 11.5 Å². The average Bonchev–Trinajstić information content (AvgIpc) is 2.89. The number of benzene rings is 3. The Balaban J connectivity index is 1.79. The SMILES string of the molecule is CCCOc1ccc(/C=N\NC(=O)CN(c2ccc(C)c(Cl)c2)S(=O)(=O)c2ccccc2)cc1OCC.